The van der Waals surface area contributed by atoms with Crippen LogP contribution in [-0.4, -0.2) is 56.4 Å². The van der Waals surface area contributed by atoms with E-state index in [2.05, 4.69) is 56.2 Å². The molecule has 4 rings (SSSR count). The van der Waals surface area contributed by atoms with Crippen molar-refractivity contribution in [1.82, 2.24) is 14.3 Å². The number of ether oxygens (including phenoxy) is 4. The summed E-state index contributed by atoms with van der Waals surface area (Å²) < 4.78 is 52.9. The molecule has 0 aliphatic heterocycles. The summed E-state index contributed by atoms with van der Waals surface area (Å²) in [4.78, 5) is 14.1. The third-order valence-corrected chi connectivity index (χ3v) is 10.9. The fourth-order valence-electron chi connectivity index (χ4n) is 4.81. The fraction of sp³-hybridized carbons (Fsp3) is 0.588. The molecule has 0 atom stereocenters. The molecule has 46 heavy (non-hydrogen) atoms. The minimum absolute atomic E-state index is 0.0275. The molecular weight excluding hydrogens is 625 g/mol. The molecule has 2 heterocycles. The molecule has 1 saturated carbocycles. The first-order valence-electron chi connectivity index (χ1n) is 16.1. The van der Waals surface area contributed by atoms with Crippen LogP contribution in [0.3, 0.4) is 0 Å². The fourth-order valence-corrected chi connectivity index (χ4v) is 6.33. The summed E-state index contributed by atoms with van der Waals surface area (Å²) >= 11 is 0. The van der Waals surface area contributed by atoms with Gasteiger partial charge in [-0.3, -0.25) is 4.79 Å². The Balaban J connectivity index is 1.87. The van der Waals surface area contributed by atoms with Crippen molar-refractivity contribution in [3.8, 4) is 34.6 Å². The quantitative estimate of drug-likeness (QED) is 0.0877. The molecule has 0 saturated heterocycles. The molecule has 0 unspecified atom stereocenters. The lowest BCUT2D eigenvalue weighted by Gasteiger charge is -2.18. The van der Waals surface area contributed by atoms with Crippen LogP contribution >= 0.6 is 0 Å². The first kappa shape index (κ1) is 35.9. The van der Waals surface area contributed by atoms with Gasteiger partial charge in [-0.1, -0.05) is 59.0 Å². The minimum atomic E-state index is -2.99. The van der Waals surface area contributed by atoms with E-state index in [9.17, 15) is 13.6 Å². The number of hydrogen-bond acceptors (Lipinski definition) is 6. The summed E-state index contributed by atoms with van der Waals surface area (Å²) in [6.45, 7) is 16.1. The lowest BCUT2D eigenvalue weighted by molar-refractivity contribution is -0.0516. The second-order valence-corrected chi connectivity index (χ2v) is 25.9. The van der Waals surface area contributed by atoms with Crippen molar-refractivity contribution in [2.24, 2.45) is 5.92 Å². The number of hydrogen-bond donors (Lipinski definition) is 0. The van der Waals surface area contributed by atoms with Crippen molar-refractivity contribution in [3.63, 3.8) is 0 Å². The van der Waals surface area contributed by atoms with Crippen molar-refractivity contribution >= 4 is 27.1 Å². The summed E-state index contributed by atoms with van der Waals surface area (Å²) in [6, 6.07) is 6.89. The van der Waals surface area contributed by atoms with Crippen molar-refractivity contribution < 1.29 is 27.7 Å². The highest BCUT2D eigenvalue weighted by molar-refractivity contribution is 6.76. The highest BCUT2D eigenvalue weighted by atomic mass is 28.3. The van der Waals surface area contributed by atoms with Gasteiger partial charge in [0.1, 0.15) is 13.5 Å². The van der Waals surface area contributed by atoms with Crippen LogP contribution in [0.5, 0.6) is 11.5 Å². The van der Waals surface area contributed by atoms with Gasteiger partial charge in [-0.15, -0.1) is 5.92 Å². The number of alkyl halides is 2. The molecule has 0 N–H and O–H groups in total. The Kier molecular flexibility index (Phi) is 11.9. The number of nitrogens with zero attached hydrogens (tertiary/aromatic N) is 3. The molecule has 0 radical (unpaired) electrons. The zero-order valence-corrected chi connectivity index (χ0v) is 30.5. The van der Waals surface area contributed by atoms with Gasteiger partial charge >= 0.3 is 6.61 Å². The second-order valence-electron chi connectivity index (χ2n) is 14.7. The van der Waals surface area contributed by atoms with Crippen LogP contribution in [0.25, 0.3) is 22.2 Å². The van der Waals surface area contributed by atoms with Gasteiger partial charge in [0.05, 0.1) is 28.9 Å². The van der Waals surface area contributed by atoms with Gasteiger partial charge in [-0.2, -0.15) is 13.9 Å². The van der Waals surface area contributed by atoms with Crippen molar-refractivity contribution in [3.05, 3.63) is 40.3 Å². The Bertz CT molecular complexity index is 1610. The van der Waals surface area contributed by atoms with Gasteiger partial charge < -0.3 is 23.5 Å². The average Bonchev–Trinajstić information content (AvgIpc) is 3.70. The van der Waals surface area contributed by atoms with E-state index >= 15 is 0 Å². The number of rotatable bonds is 16. The SMILES string of the molecule is CC(C)C#CCc1c(-c2ccc(OC(F)F)c(OC3CC3)c2)n(COCC[Si](C)(C)C)c2cnn(COCC[Si](C)(C)C)c(=O)c12. The van der Waals surface area contributed by atoms with E-state index in [1.54, 1.807) is 18.3 Å². The van der Waals surface area contributed by atoms with E-state index in [0.717, 1.165) is 30.5 Å². The zero-order chi connectivity index (χ0) is 33.6. The molecule has 0 amide bonds. The third kappa shape index (κ3) is 10.3. The maximum absolute atomic E-state index is 14.1. The third-order valence-electron chi connectivity index (χ3n) is 7.51. The maximum Gasteiger partial charge on any atom is 0.387 e. The Labute approximate surface area is 273 Å². The van der Waals surface area contributed by atoms with Gasteiger partial charge in [0, 0.05) is 52.8 Å². The highest BCUT2D eigenvalue weighted by Gasteiger charge is 2.28. The van der Waals surface area contributed by atoms with Gasteiger partial charge in [0.25, 0.3) is 5.56 Å². The summed E-state index contributed by atoms with van der Waals surface area (Å²) in [6.07, 6.45) is 3.64. The summed E-state index contributed by atoms with van der Waals surface area (Å²) in [5, 5.41) is 4.98. The van der Waals surface area contributed by atoms with Gasteiger partial charge in [-0.05, 0) is 43.1 Å². The molecule has 0 bridgehead atoms. The van der Waals surface area contributed by atoms with Crippen LogP contribution in [-0.2, 0) is 29.4 Å². The Morgan fingerprint density at radius 1 is 0.978 bits per heavy atom. The van der Waals surface area contributed by atoms with Crippen LogP contribution in [0.15, 0.2) is 29.2 Å². The monoisotopic (exact) mass is 673 g/mol. The molecule has 3 aromatic rings. The van der Waals surface area contributed by atoms with Crippen LogP contribution < -0.4 is 15.0 Å². The summed E-state index contributed by atoms with van der Waals surface area (Å²) in [5.74, 6) is 6.84. The first-order chi connectivity index (χ1) is 21.6. The van der Waals surface area contributed by atoms with Gasteiger partial charge in [0.15, 0.2) is 11.5 Å². The van der Waals surface area contributed by atoms with Crippen molar-refractivity contribution in [2.45, 2.75) is 111 Å². The first-order valence-corrected chi connectivity index (χ1v) is 23.6. The van der Waals surface area contributed by atoms with E-state index in [1.807, 2.05) is 18.4 Å². The van der Waals surface area contributed by atoms with E-state index in [0.29, 0.717) is 41.8 Å². The summed E-state index contributed by atoms with van der Waals surface area (Å²) in [7, 11) is -2.66. The van der Waals surface area contributed by atoms with Gasteiger partial charge in [0.2, 0.25) is 0 Å². The summed E-state index contributed by atoms with van der Waals surface area (Å²) in [5.41, 5.74) is 2.45. The number of fused-ring (bicyclic) bond motifs is 1. The van der Waals surface area contributed by atoms with Crippen LogP contribution in [0.4, 0.5) is 8.78 Å². The average molecular weight is 674 g/mol. The molecule has 8 nitrogen and oxygen atoms in total. The second kappa shape index (κ2) is 15.3. The molecular formula is C34H49F2N3O5Si2. The predicted octanol–water partition coefficient (Wildman–Crippen LogP) is 7.83. The van der Waals surface area contributed by atoms with Crippen LogP contribution in [0.2, 0.25) is 51.4 Å². The van der Waals surface area contributed by atoms with E-state index in [4.69, 9.17) is 18.9 Å². The number of benzene rings is 1. The highest BCUT2D eigenvalue weighted by Crippen LogP contribution is 2.40. The molecule has 1 aliphatic rings. The number of halogens is 2. The topological polar surface area (TPSA) is 76.7 Å². The van der Waals surface area contributed by atoms with Crippen molar-refractivity contribution in [2.75, 3.05) is 13.2 Å². The van der Waals surface area contributed by atoms with Crippen LogP contribution in [0, 0.1) is 17.8 Å². The molecule has 12 heteroatoms. The number of aromatic nitrogens is 3. The maximum atomic E-state index is 14.1. The molecule has 1 fully saturated rings. The predicted molar refractivity (Wildman–Crippen MR) is 184 cm³/mol. The Morgan fingerprint density at radius 3 is 2.22 bits per heavy atom. The molecule has 0 spiro atoms. The zero-order valence-electron chi connectivity index (χ0n) is 28.5. The van der Waals surface area contributed by atoms with E-state index in [1.165, 1.54) is 10.7 Å². The standard InChI is InChI=1S/C34H49F2N3O5Si2/c1-24(2)10-9-11-27-31-28(21-37-39(33(31)40)23-42-17-19-46(6,7)8)38(22-41-16-18-45(3,4)5)32(27)25-12-15-29(44-34(35)36)30(20-25)43-26-13-14-26/h12,15,20-21,24,26,34H,11,13-14,16-19,22-23H2,1-8H3. The van der Waals surface area contributed by atoms with Gasteiger partial charge in [-0.25, -0.2) is 4.68 Å². The normalized spacial score (nSPS) is 13.8. The molecule has 1 aromatic carbocycles. The van der Waals surface area contributed by atoms with E-state index < -0.39 is 22.8 Å². The Morgan fingerprint density at radius 2 is 1.63 bits per heavy atom. The largest absolute Gasteiger partial charge is 0.487 e. The van der Waals surface area contributed by atoms with E-state index in [-0.39, 0.29) is 42.5 Å². The minimum Gasteiger partial charge on any atom is -0.487 e. The van der Waals surface area contributed by atoms with Crippen LogP contribution in [0.1, 0.15) is 32.3 Å². The molecule has 252 valence electrons. The Hall–Kier alpha value is -2.99. The van der Waals surface area contributed by atoms with Crippen molar-refractivity contribution in [1.29, 1.82) is 0 Å². The smallest absolute Gasteiger partial charge is 0.387 e. The lowest BCUT2D eigenvalue weighted by atomic mass is 10.0. The molecule has 2 aromatic heterocycles. The molecule has 1 aliphatic carbocycles. The lowest BCUT2D eigenvalue weighted by Crippen LogP contribution is -2.26.